The zero-order valence-electron chi connectivity index (χ0n) is 13.7. The summed E-state index contributed by atoms with van der Waals surface area (Å²) in [6.45, 7) is 3.96. The van der Waals surface area contributed by atoms with Crippen LogP contribution < -0.4 is 10.1 Å². The maximum Gasteiger partial charge on any atom is 0.257 e. The predicted molar refractivity (Wildman–Crippen MR) is 94.6 cm³/mol. The summed E-state index contributed by atoms with van der Waals surface area (Å²) in [5.74, 6) is 0.836. The molecule has 1 aromatic carbocycles. The summed E-state index contributed by atoms with van der Waals surface area (Å²) >= 11 is 11.7. The number of nitrogens with one attached hydrogen (secondary N) is 1. The van der Waals surface area contributed by atoms with Crippen molar-refractivity contribution in [3.8, 4) is 5.75 Å². The van der Waals surface area contributed by atoms with Gasteiger partial charge < -0.3 is 15.0 Å². The Kier molecular flexibility index (Phi) is 7.18. The quantitative estimate of drug-likeness (QED) is 0.834. The monoisotopic (exact) mass is 372 g/mol. The van der Waals surface area contributed by atoms with Crippen molar-refractivity contribution in [1.29, 1.82) is 0 Å². The molecule has 1 heterocycles. The van der Waals surface area contributed by atoms with Crippen molar-refractivity contribution in [2.75, 3.05) is 26.2 Å². The zero-order valence-corrected chi connectivity index (χ0v) is 15.2. The van der Waals surface area contributed by atoms with E-state index in [0.717, 1.165) is 19.5 Å². The molecule has 1 unspecified atom stereocenters. The molecule has 0 bridgehead atoms. The Bertz CT molecular complexity index is 595. The van der Waals surface area contributed by atoms with Crippen LogP contribution in [0.5, 0.6) is 5.75 Å². The average molecular weight is 373 g/mol. The molecule has 1 aliphatic heterocycles. The van der Waals surface area contributed by atoms with Crippen molar-refractivity contribution in [3.05, 3.63) is 28.2 Å². The van der Waals surface area contributed by atoms with Crippen molar-refractivity contribution in [1.82, 2.24) is 10.2 Å². The van der Waals surface area contributed by atoms with Crippen LogP contribution in [0.1, 0.15) is 26.2 Å². The first-order valence-corrected chi connectivity index (χ1v) is 8.83. The minimum absolute atomic E-state index is 0.0900. The summed E-state index contributed by atoms with van der Waals surface area (Å²) in [5.41, 5.74) is 0. The Morgan fingerprint density at radius 1 is 1.33 bits per heavy atom. The van der Waals surface area contributed by atoms with Crippen molar-refractivity contribution < 1.29 is 14.3 Å². The van der Waals surface area contributed by atoms with Crippen LogP contribution in [0, 0.1) is 5.92 Å². The third kappa shape index (κ3) is 5.87. The van der Waals surface area contributed by atoms with Crippen LogP contribution >= 0.6 is 23.2 Å². The van der Waals surface area contributed by atoms with Crippen molar-refractivity contribution >= 4 is 35.0 Å². The van der Waals surface area contributed by atoms with Gasteiger partial charge in [-0.3, -0.25) is 9.59 Å². The highest BCUT2D eigenvalue weighted by atomic mass is 35.5. The Morgan fingerprint density at radius 2 is 2.12 bits per heavy atom. The lowest BCUT2D eigenvalue weighted by atomic mass is 10.00. The molecule has 1 aliphatic rings. The fraction of sp³-hybridized carbons (Fsp3) is 0.529. The zero-order chi connectivity index (χ0) is 17.5. The fourth-order valence-corrected chi connectivity index (χ4v) is 2.94. The maximum atomic E-state index is 12.1. The first-order chi connectivity index (χ1) is 11.5. The Hall–Kier alpha value is -1.46. The minimum Gasteiger partial charge on any atom is -0.484 e. The SMILES string of the molecule is CC1CCCN(C(=O)CCNC(=O)COc2ccc(Cl)c(Cl)c2)C1. The molecular formula is C17H22Cl2N2O3. The molecule has 1 fully saturated rings. The van der Waals surface area contributed by atoms with Gasteiger partial charge in [-0.2, -0.15) is 0 Å². The van der Waals surface area contributed by atoms with Gasteiger partial charge in [0.2, 0.25) is 5.91 Å². The van der Waals surface area contributed by atoms with Crippen molar-refractivity contribution in [2.45, 2.75) is 26.2 Å². The molecule has 1 saturated heterocycles. The van der Waals surface area contributed by atoms with Crippen molar-refractivity contribution in [2.24, 2.45) is 5.92 Å². The van der Waals surface area contributed by atoms with Crippen LogP contribution in [0.3, 0.4) is 0 Å². The largest absolute Gasteiger partial charge is 0.484 e. The van der Waals surface area contributed by atoms with Crippen LogP contribution in [0.15, 0.2) is 18.2 Å². The van der Waals surface area contributed by atoms with E-state index in [1.54, 1.807) is 18.2 Å². The summed E-state index contributed by atoms with van der Waals surface area (Å²) in [6, 6.07) is 4.80. The van der Waals surface area contributed by atoms with E-state index in [-0.39, 0.29) is 18.4 Å². The molecule has 132 valence electrons. The molecular weight excluding hydrogens is 351 g/mol. The highest BCUT2D eigenvalue weighted by Gasteiger charge is 2.20. The van der Waals surface area contributed by atoms with Crippen LogP contribution in [-0.4, -0.2) is 43.0 Å². The van der Waals surface area contributed by atoms with Gasteiger partial charge in [0.15, 0.2) is 6.61 Å². The molecule has 24 heavy (non-hydrogen) atoms. The van der Waals surface area contributed by atoms with E-state index in [1.807, 2.05) is 4.90 Å². The number of halogens is 2. The van der Waals surface area contributed by atoms with Crippen LogP contribution in [0.2, 0.25) is 10.0 Å². The van der Waals surface area contributed by atoms with Gasteiger partial charge in [-0.25, -0.2) is 0 Å². The van der Waals surface area contributed by atoms with E-state index in [9.17, 15) is 9.59 Å². The molecule has 1 atom stereocenters. The number of hydrogen-bond donors (Lipinski definition) is 1. The molecule has 0 spiro atoms. The van der Waals surface area contributed by atoms with Crippen LogP contribution in [-0.2, 0) is 9.59 Å². The highest BCUT2D eigenvalue weighted by Crippen LogP contribution is 2.26. The minimum atomic E-state index is -0.277. The molecule has 1 N–H and O–H groups in total. The number of nitrogens with zero attached hydrogens (tertiary/aromatic N) is 1. The molecule has 5 nitrogen and oxygen atoms in total. The predicted octanol–water partition coefficient (Wildman–Crippen LogP) is 3.14. The number of likely N-dealkylation sites (tertiary alicyclic amines) is 1. The average Bonchev–Trinajstić information content (AvgIpc) is 2.56. The van der Waals surface area contributed by atoms with Gasteiger partial charge in [-0.05, 0) is 30.9 Å². The second-order valence-electron chi connectivity index (χ2n) is 6.05. The summed E-state index contributed by atoms with van der Waals surface area (Å²) in [6.07, 6.45) is 2.54. The molecule has 0 aromatic heterocycles. The first-order valence-electron chi connectivity index (χ1n) is 8.08. The number of carbonyl (C=O) groups is 2. The molecule has 2 amide bonds. The molecule has 2 rings (SSSR count). The van der Waals surface area contributed by atoms with Gasteiger partial charge in [-0.1, -0.05) is 30.1 Å². The molecule has 1 aromatic rings. The fourth-order valence-electron chi connectivity index (χ4n) is 2.65. The third-order valence-electron chi connectivity index (χ3n) is 3.93. The third-order valence-corrected chi connectivity index (χ3v) is 4.67. The maximum absolute atomic E-state index is 12.1. The van der Waals surface area contributed by atoms with Crippen LogP contribution in [0.25, 0.3) is 0 Å². The van der Waals surface area contributed by atoms with Crippen molar-refractivity contribution in [3.63, 3.8) is 0 Å². The Morgan fingerprint density at radius 3 is 2.83 bits per heavy atom. The van der Waals surface area contributed by atoms with E-state index in [4.69, 9.17) is 27.9 Å². The van der Waals surface area contributed by atoms with Gasteiger partial charge in [0.1, 0.15) is 5.75 Å². The van der Waals surface area contributed by atoms with E-state index in [0.29, 0.717) is 34.7 Å². The van der Waals surface area contributed by atoms with E-state index in [2.05, 4.69) is 12.2 Å². The summed E-state index contributed by atoms with van der Waals surface area (Å²) in [4.78, 5) is 25.7. The van der Waals surface area contributed by atoms with Gasteiger partial charge in [-0.15, -0.1) is 0 Å². The molecule has 7 heteroatoms. The molecule has 0 aliphatic carbocycles. The number of ether oxygens (including phenoxy) is 1. The summed E-state index contributed by atoms with van der Waals surface area (Å²) in [7, 11) is 0. The van der Waals surface area contributed by atoms with Gasteiger partial charge in [0, 0.05) is 32.1 Å². The summed E-state index contributed by atoms with van der Waals surface area (Å²) < 4.78 is 5.34. The number of hydrogen-bond acceptors (Lipinski definition) is 3. The number of piperidine rings is 1. The smallest absolute Gasteiger partial charge is 0.257 e. The Balaban J connectivity index is 1.65. The number of carbonyl (C=O) groups excluding carboxylic acids is 2. The lowest BCUT2D eigenvalue weighted by molar-refractivity contribution is -0.132. The van der Waals surface area contributed by atoms with Gasteiger partial charge in [0.05, 0.1) is 10.0 Å². The first kappa shape index (κ1) is 18.9. The molecule has 0 radical (unpaired) electrons. The lowest BCUT2D eigenvalue weighted by Crippen LogP contribution is -2.41. The lowest BCUT2D eigenvalue weighted by Gasteiger charge is -2.31. The van der Waals surface area contributed by atoms with E-state index < -0.39 is 0 Å². The number of amides is 2. The van der Waals surface area contributed by atoms with Gasteiger partial charge >= 0.3 is 0 Å². The van der Waals surface area contributed by atoms with E-state index in [1.165, 1.54) is 6.42 Å². The van der Waals surface area contributed by atoms with E-state index >= 15 is 0 Å². The molecule has 0 saturated carbocycles. The highest BCUT2D eigenvalue weighted by molar-refractivity contribution is 6.42. The normalized spacial score (nSPS) is 17.5. The summed E-state index contributed by atoms with van der Waals surface area (Å²) in [5, 5.41) is 3.49. The standard InChI is InChI=1S/C17H22Cl2N2O3/c1-12-3-2-8-21(10-12)17(23)6-7-20-16(22)11-24-13-4-5-14(18)15(19)9-13/h4-5,9,12H,2-3,6-8,10-11H2,1H3,(H,20,22). The number of benzene rings is 1. The number of rotatable bonds is 6. The van der Waals surface area contributed by atoms with Crippen LogP contribution in [0.4, 0.5) is 0 Å². The van der Waals surface area contributed by atoms with Gasteiger partial charge in [0.25, 0.3) is 5.91 Å². The Labute approximate surface area is 152 Å². The second-order valence-corrected chi connectivity index (χ2v) is 6.87. The topological polar surface area (TPSA) is 58.6 Å². The second kappa shape index (κ2) is 9.14.